The van der Waals surface area contributed by atoms with Crippen LogP contribution in [0, 0.1) is 5.92 Å². The Morgan fingerprint density at radius 2 is 2.09 bits per heavy atom. The van der Waals surface area contributed by atoms with Crippen LogP contribution < -0.4 is 10.6 Å². The number of carbonyl (C=O) groups excluding carboxylic acids is 1. The molecule has 0 saturated heterocycles. The van der Waals surface area contributed by atoms with Crippen LogP contribution in [0.5, 0.6) is 0 Å². The van der Waals surface area contributed by atoms with Crippen molar-refractivity contribution in [3.8, 4) is 0 Å². The molecule has 0 aliphatic heterocycles. The monoisotopic (exact) mass is 299 g/mol. The Balaban J connectivity index is 1.41. The molecule has 0 spiro atoms. The van der Waals surface area contributed by atoms with Gasteiger partial charge in [-0.15, -0.1) is 0 Å². The van der Waals surface area contributed by atoms with Gasteiger partial charge in [-0.2, -0.15) is 5.10 Å². The number of nitrogens with one attached hydrogen (secondary N) is 2. The fraction of sp³-hybridized carbons (Fsp3) is 0.438. The Hall–Kier alpha value is -2.21. The number of hydrogen-bond acceptors (Lipinski definition) is 4. The highest BCUT2D eigenvalue weighted by atomic mass is 16.2. The van der Waals surface area contributed by atoms with Gasteiger partial charge < -0.3 is 10.6 Å². The highest BCUT2D eigenvalue weighted by molar-refractivity contribution is 5.91. The molecule has 116 valence electrons. The summed E-state index contributed by atoms with van der Waals surface area (Å²) in [7, 11) is 0. The molecule has 22 heavy (non-hydrogen) atoms. The van der Waals surface area contributed by atoms with Crippen LogP contribution in [-0.2, 0) is 17.8 Å². The van der Waals surface area contributed by atoms with Crippen LogP contribution >= 0.6 is 0 Å². The summed E-state index contributed by atoms with van der Waals surface area (Å²) < 4.78 is 1.84. The third kappa shape index (κ3) is 4.66. The van der Waals surface area contributed by atoms with Gasteiger partial charge in [-0.25, -0.2) is 0 Å². The molecule has 0 unspecified atom stereocenters. The van der Waals surface area contributed by atoms with Crippen LogP contribution in [0.1, 0.15) is 18.4 Å². The molecule has 1 aliphatic carbocycles. The average Bonchev–Trinajstić information content (AvgIpc) is 3.25. The van der Waals surface area contributed by atoms with Gasteiger partial charge >= 0.3 is 0 Å². The van der Waals surface area contributed by atoms with Crippen LogP contribution in [0.4, 0.5) is 5.82 Å². The molecule has 0 atom stereocenters. The van der Waals surface area contributed by atoms with Crippen molar-refractivity contribution in [2.24, 2.45) is 5.92 Å². The number of anilines is 1. The number of rotatable bonds is 8. The zero-order valence-electron chi connectivity index (χ0n) is 12.5. The number of aryl methyl sites for hydroxylation is 2. The molecule has 1 amide bonds. The summed E-state index contributed by atoms with van der Waals surface area (Å²) in [4.78, 5) is 15.8. The van der Waals surface area contributed by atoms with Gasteiger partial charge in [-0.05, 0) is 49.4 Å². The second kappa shape index (κ2) is 7.17. The smallest absolute Gasteiger partial charge is 0.239 e. The minimum atomic E-state index is -0.0416. The molecular weight excluding hydrogens is 278 g/mol. The van der Waals surface area contributed by atoms with E-state index < -0.39 is 0 Å². The number of pyridine rings is 1. The first-order valence-electron chi connectivity index (χ1n) is 7.72. The zero-order valence-corrected chi connectivity index (χ0v) is 12.5. The van der Waals surface area contributed by atoms with Gasteiger partial charge in [0.25, 0.3) is 0 Å². The quantitative estimate of drug-likeness (QED) is 0.774. The zero-order chi connectivity index (χ0) is 15.2. The molecule has 3 rings (SSSR count). The first kappa shape index (κ1) is 14.7. The lowest BCUT2D eigenvalue weighted by Crippen LogP contribution is -2.29. The third-order valence-corrected chi connectivity index (χ3v) is 3.70. The second-order valence-corrected chi connectivity index (χ2v) is 5.69. The molecule has 1 saturated carbocycles. The molecule has 0 aromatic carbocycles. The minimum absolute atomic E-state index is 0.0416. The van der Waals surface area contributed by atoms with E-state index in [2.05, 4.69) is 20.7 Å². The van der Waals surface area contributed by atoms with Crippen molar-refractivity contribution in [2.75, 3.05) is 18.4 Å². The topological polar surface area (TPSA) is 71.8 Å². The number of hydrogen-bond donors (Lipinski definition) is 2. The van der Waals surface area contributed by atoms with E-state index in [1.54, 1.807) is 12.4 Å². The number of nitrogens with zero attached hydrogens (tertiary/aromatic N) is 3. The van der Waals surface area contributed by atoms with Crippen LogP contribution in [-0.4, -0.2) is 33.8 Å². The summed E-state index contributed by atoms with van der Waals surface area (Å²) in [5, 5.41) is 10.3. The minimum Gasteiger partial charge on any atom is -0.308 e. The van der Waals surface area contributed by atoms with Crippen molar-refractivity contribution in [2.45, 2.75) is 25.8 Å². The van der Waals surface area contributed by atoms with E-state index >= 15 is 0 Å². The molecule has 0 radical (unpaired) electrons. The van der Waals surface area contributed by atoms with Crippen LogP contribution in [0.15, 0.2) is 36.8 Å². The SMILES string of the molecule is O=C(CNCC1CC1)Nc1ccn(CCc2ccncc2)n1. The van der Waals surface area contributed by atoms with E-state index in [1.807, 2.05) is 29.1 Å². The normalized spacial score (nSPS) is 14.0. The fourth-order valence-corrected chi connectivity index (χ4v) is 2.24. The maximum Gasteiger partial charge on any atom is 0.239 e. The van der Waals surface area contributed by atoms with Gasteiger partial charge in [-0.3, -0.25) is 14.5 Å². The number of amides is 1. The number of carbonyl (C=O) groups is 1. The third-order valence-electron chi connectivity index (χ3n) is 3.70. The van der Waals surface area contributed by atoms with E-state index in [0.717, 1.165) is 25.4 Å². The first-order chi connectivity index (χ1) is 10.8. The molecule has 1 aliphatic rings. The molecule has 2 aromatic heterocycles. The van der Waals surface area contributed by atoms with Gasteiger partial charge in [0.05, 0.1) is 6.54 Å². The van der Waals surface area contributed by atoms with Gasteiger partial charge in [0, 0.05) is 31.2 Å². The lowest BCUT2D eigenvalue weighted by Gasteiger charge is -2.04. The Bertz CT molecular complexity index is 606. The van der Waals surface area contributed by atoms with E-state index in [9.17, 15) is 4.79 Å². The van der Waals surface area contributed by atoms with Gasteiger partial charge in [0.15, 0.2) is 5.82 Å². The van der Waals surface area contributed by atoms with Crippen molar-refractivity contribution in [1.82, 2.24) is 20.1 Å². The van der Waals surface area contributed by atoms with Crippen molar-refractivity contribution in [3.63, 3.8) is 0 Å². The summed E-state index contributed by atoms with van der Waals surface area (Å²) in [6, 6.07) is 5.82. The highest BCUT2D eigenvalue weighted by Crippen LogP contribution is 2.27. The molecule has 2 heterocycles. The Kier molecular flexibility index (Phi) is 4.80. The lowest BCUT2D eigenvalue weighted by atomic mass is 10.2. The van der Waals surface area contributed by atoms with E-state index in [0.29, 0.717) is 12.4 Å². The summed E-state index contributed by atoms with van der Waals surface area (Å²) in [5.74, 6) is 1.34. The van der Waals surface area contributed by atoms with E-state index in [-0.39, 0.29) is 5.91 Å². The predicted molar refractivity (Wildman–Crippen MR) is 84.4 cm³/mol. The standard InChI is InChI=1S/C16H21N5O/c22-16(12-18-11-14-1-2-14)19-15-6-10-21(20-15)9-5-13-3-7-17-8-4-13/h3-4,6-8,10,14,18H,1-2,5,9,11-12H2,(H,19,20,22). The summed E-state index contributed by atoms with van der Waals surface area (Å²) in [6.07, 6.45) is 8.93. The predicted octanol–water partition coefficient (Wildman–Crippen LogP) is 1.46. The number of aromatic nitrogens is 3. The fourth-order valence-electron chi connectivity index (χ4n) is 2.24. The Labute approximate surface area is 129 Å². The van der Waals surface area contributed by atoms with Crippen molar-refractivity contribution < 1.29 is 4.79 Å². The summed E-state index contributed by atoms with van der Waals surface area (Å²) in [5.41, 5.74) is 1.22. The van der Waals surface area contributed by atoms with Gasteiger partial charge in [0.1, 0.15) is 0 Å². The second-order valence-electron chi connectivity index (χ2n) is 5.69. The Morgan fingerprint density at radius 3 is 2.86 bits per heavy atom. The van der Waals surface area contributed by atoms with Crippen LogP contribution in [0.25, 0.3) is 0 Å². The summed E-state index contributed by atoms with van der Waals surface area (Å²) >= 11 is 0. The molecular formula is C16H21N5O. The maximum atomic E-state index is 11.8. The van der Waals surface area contributed by atoms with Crippen LogP contribution in [0.2, 0.25) is 0 Å². The van der Waals surface area contributed by atoms with E-state index in [1.165, 1.54) is 18.4 Å². The first-order valence-corrected chi connectivity index (χ1v) is 7.72. The molecule has 1 fully saturated rings. The van der Waals surface area contributed by atoms with Crippen molar-refractivity contribution in [3.05, 3.63) is 42.4 Å². The molecule has 0 bridgehead atoms. The van der Waals surface area contributed by atoms with Gasteiger partial charge in [0.2, 0.25) is 5.91 Å². The maximum absolute atomic E-state index is 11.8. The van der Waals surface area contributed by atoms with Gasteiger partial charge in [-0.1, -0.05) is 0 Å². The van der Waals surface area contributed by atoms with Crippen molar-refractivity contribution in [1.29, 1.82) is 0 Å². The largest absolute Gasteiger partial charge is 0.308 e. The lowest BCUT2D eigenvalue weighted by molar-refractivity contribution is -0.115. The Morgan fingerprint density at radius 1 is 1.27 bits per heavy atom. The molecule has 6 nitrogen and oxygen atoms in total. The van der Waals surface area contributed by atoms with E-state index in [4.69, 9.17) is 0 Å². The highest BCUT2D eigenvalue weighted by Gasteiger charge is 2.20. The average molecular weight is 299 g/mol. The molecule has 6 heteroatoms. The van der Waals surface area contributed by atoms with Crippen molar-refractivity contribution >= 4 is 11.7 Å². The molecule has 2 N–H and O–H groups in total. The molecule has 2 aromatic rings. The van der Waals surface area contributed by atoms with Crippen LogP contribution in [0.3, 0.4) is 0 Å². The summed E-state index contributed by atoms with van der Waals surface area (Å²) in [6.45, 7) is 2.06.